The van der Waals surface area contributed by atoms with Gasteiger partial charge < -0.3 is 10.6 Å². The van der Waals surface area contributed by atoms with E-state index in [-0.39, 0.29) is 19.2 Å². The van der Waals surface area contributed by atoms with Crippen molar-refractivity contribution >= 4 is 11.7 Å². The van der Waals surface area contributed by atoms with Crippen molar-refractivity contribution in [2.75, 3.05) is 19.8 Å². The van der Waals surface area contributed by atoms with E-state index in [1.807, 2.05) is 32.3 Å². The van der Waals surface area contributed by atoms with Crippen molar-refractivity contribution in [2.24, 2.45) is 0 Å². The SMILES string of the molecule is C.CN(C)/C=C/C(=O)c1ccccn1.Nc1nccc(-c2ccccn2)n1. The fourth-order valence-electron chi connectivity index (χ4n) is 1.84. The zero-order valence-electron chi connectivity index (χ0n) is 14.6. The van der Waals surface area contributed by atoms with E-state index in [2.05, 4.69) is 19.9 Å². The van der Waals surface area contributed by atoms with Crippen LogP contribution in [0.15, 0.2) is 73.3 Å². The first kappa shape index (κ1) is 21.4. The third-order valence-electron chi connectivity index (χ3n) is 3.04. The van der Waals surface area contributed by atoms with Crippen LogP contribution in [0.2, 0.25) is 0 Å². The third-order valence-corrected chi connectivity index (χ3v) is 3.04. The number of carbonyl (C=O) groups is 1. The molecule has 0 saturated heterocycles. The number of anilines is 1. The zero-order valence-corrected chi connectivity index (χ0v) is 14.6. The third kappa shape index (κ3) is 7.43. The summed E-state index contributed by atoms with van der Waals surface area (Å²) in [5.41, 5.74) is 7.46. The molecule has 0 bridgehead atoms. The molecule has 0 fully saturated rings. The highest BCUT2D eigenvalue weighted by Crippen LogP contribution is 2.12. The van der Waals surface area contributed by atoms with Crippen molar-refractivity contribution in [3.63, 3.8) is 0 Å². The molecule has 0 saturated carbocycles. The number of carbonyl (C=O) groups excluding carboxylic acids is 1. The van der Waals surface area contributed by atoms with E-state index >= 15 is 0 Å². The topological polar surface area (TPSA) is 97.9 Å². The van der Waals surface area contributed by atoms with Gasteiger partial charge in [-0.15, -0.1) is 0 Å². The van der Waals surface area contributed by atoms with Crippen LogP contribution in [0.3, 0.4) is 0 Å². The van der Waals surface area contributed by atoms with Crippen LogP contribution in [-0.2, 0) is 0 Å². The van der Waals surface area contributed by atoms with Gasteiger partial charge in [-0.05, 0) is 30.3 Å². The van der Waals surface area contributed by atoms with Crippen molar-refractivity contribution in [3.05, 3.63) is 79.0 Å². The number of allylic oxidation sites excluding steroid dienone is 1. The number of nitrogens with two attached hydrogens (primary N) is 1. The molecular formula is C20H24N6O. The fourth-order valence-corrected chi connectivity index (χ4v) is 1.84. The summed E-state index contributed by atoms with van der Waals surface area (Å²) in [7, 11) is 3.73. The summed E-state index contributed by atoms with van der Waals surface area (Å²) in [6, 6.07) is 12.7. The Morgan fingerprint density at radius 3 is 2.19 bits per heavy atom. The van der Waals surface area contributed by atoms with Crippen LogP contribution in [0.4, 0.5) is 5.95 Å². The molecule has 7 nitrogen and oxygen atoms in total. The number of hydrogen-bond acceptors (Lipinski definition) is 7. The maximum Gasteiger partial charge on any atom is 0.220 e. The Balaban J connectivity index is 0.000000260. The average molecular weight is 364 g/mol. The van der Waals surface area contributed by atoms with E-state index < -0.39 is 0 Å². The molecule has 0 radical (unpaired) electrons. The van der Waals surface area contributed by atoms with Crippen molar-refractivity contribution in [1.82, 2.24) is 24.8 Å². The predicted octanol–water partition coefficient (Wildman–Crippen LogP) is 3.10. The molecule has 0 aliphatic heterocycles. The van der Waals surface area contributed by atoms with Crippen molar-refractivity contribution in [3.8, 4) is 11.4 Å². The lowest BCUT2D eigenvalue weighted by Gasteiger charge is -2.02. The van der Waals surface area contributed by atoms with Crippen LogP contribution >= 0.6 is 0 Å². The Labute approximate surface area is 159 Å². The lowest BCUT2D eigenvalue weighted by atomic mass is 10.2. The summed E-state index contributed by atoms with van der Waals surface area (Å²) in [6.07, 6.45) is 8.15. The van der Waals surface area contributed by atoms with Crippen LogP contribution in [0.1, 0.15) is 17.9 Å². The lowest BCUT2D eigenvalue weighted by molar-refractivity contribution is 0.104. The molecule has 3 aromatic heterocycles. The van der Waals surface area contributed by atoms with E-state index in [1.54, 1.807) is 54.0 Å². The quantitative estimate of drug-likeness (QED) is 0.561. The molecule has 3 aromatic rings. The highest BCUT2D eigenvalue weighted by atomic mass is 16.1. The van der Waals surface area contributed by atoms with Gasteiger partial charge in [0, 0.05) is 45.0 Å². The summed E-state index contributed by atoms with van der Waals surface area (Å²) in [6.45, 7) is 0. The lowest BCUT2D eigenvalue weighted by Crippen LogP contribution is -2.03. The highest BCUT2D eigenvalue weighted by molar-refractivity contribution is 6.02. The first-order valence-electron chi connectivity index (χ1n) is 7.86. The molecular weight excluding hydrogens is 340 g/mol. The van der Waals surface area contributed by atoms with Crippen molar-refractivity contribution < 1.29 is 4.79 Å². The van der Waals surface area contributed by atoms with Gasteiger partial charge in [0.15, 0.2) is 0 Å². The predicted molar refractivity (Wildman–Crippen MR) is 108 cm³/mol. The van der Waals surface area contributed by atoms with Gasteiger partial charge in [-0.3, -0.25) is 14.8 Å². The molecule has 140 valence electrons. The molecule has 0 atom stereocenters. The molecule has 0 unspecified atom stereocenters. The average Bonchev–Trinajstić information content (AvgIpc) is 2.68. The maximum atomic E-state index is 11.4. The number of hydrogen-bond donors (Lipinski definition) is 1. The first-order chi connectivity index (χ1) is 12.6. The molecule has 2 N–H and O–H groups in total. The molecule has 27 heavy (non-hydrogen) atoms. The van der Waals surface area contributed by atoms with Crippen LogP contribution in [0.25, 0.3) is 11.4 Å². The van der Waals surface area contributed by atoms with E-state index in [9.17, 15) is 4.79 Å². The Morgan fingerprint density at radius 2 is 1.63 bits per heavy atom. The largest absolute Gasteiger partial charge is 0.383 e. The fraction of sp³-hybridized carbons (Fsp3) is 0.150. The Morgan fingerprint density at radius 1 is 0.926 bits per heavy atom. The number of nitrogens with zero attached hydrogens (tertiary/aromatic N) is 5. The summed E-state index contributed by atoms with van der Waals surface area (Å²) in [4.78, 5) is 29.1. The minimum atomic E-state index is -0.0747. The molecule has 0 amide bonds. The molecule has 0 aliphatic rings. The number of ketones is 1. The minimum Gasteiger partial charge on any atom is -0.383 e. The van der Waals surface area contributed by atoms with Crippen molar-refractivity contribution in [1.29, 1.82) is 0 Å². The normalized spacial score (nSPS) is 9.70. The molecule has 0 aromatic carbocycles. The van der Waals surface area contributed by atoms with Crippen LogP contribution in [0, 0.1) is 0 Å². The van der Waals surface area contributed by atoms with E-state index in [1.165, 1.54) is 6.08 Å². The summed E-state index contributed by atoms with van der Waals surface area (Å²) >= 11 is 0. The standard InChI is InChI=1S/C10H12N2O.C9H8N4.CH4/c1-12(2)8-6-10(13)9-5-3-4-7-11-9;10-9-12-6-4-8(13-9)7-3-1-2-5-11-7;/h3-8H,1-2H3;1-6H,(H2,10,12,13);1H4/b8-6+;;. The number of aromatic nitrogens is 4. The zero-order chi connectivity index (χ0) is 18.8. The summed E-state index contributed by atoms with van der Waals surface area (Å²) in [5, 5.41) is 0. The molecule has 3 heterocycles. The van der Waals surface area contributed by atoms with Crippen molar-refractivity contribution in [2.45, 2.75) is 7.43 Å². The first-order valence-corrected chi connectivity index (χ1v) is 7.86. The van der Waals surface area contributed by atoms with Gasteiger partial charge in [0.1, 0.15) is 5.69 Å². The van der Waals surface area contributed by atoms with Gasteiger partial charge in [0.05, 0.1) is 11.4 Å². The molecule has 0 aliphatic carbocycles. The van der Waals surface area contributed by atoms with E-state index in [0.717, 1.165) is 11.4 Å². The van der Waals surface area contributed by atoms with Gasteiger partial charge in [-0.1, -0.05) is 19.6 Å². The van der Waals surface area contributed by atoms with Gasteiger partial charge in [-0.25, -0.2) is 9.97 Å². The summed E-state index contributed by atoms with van der Waals surface area (Å²) in [5.74, 6) is 0.192. The number of pyridine rings is 2. The van der Waals surface area contributed by atoms with Gasteiger partial charge in [-0.2, -0.15) is 0 Å². The number of rotatable bonds is 4. The van der Waals surface area contributed by atoms with Gasteiger partial charge in [0.2, 0.25) is 11.7 Å². The molecule has 0 spiro atoms. The monoisotopic (exact) mass is 364 g/mol. The second kappa shape index (κ2) is 11.1. The number of nitrogen functional groups attached to an aromatic ring is 1. The van der Waals surface area contributed by atoms with E-state index in [0.29, 0.717) is 5.69 Å². The van der Waals surface area contributed by atoms with E-state index in [4.69, 9.17) is 5.73 Å². The van der Waals surface area contributed by atoms with Crippen LogP contribution < -0.4 is 5.73 Å². The maximum absolute atomic E-state index is 11.4. The second-order valence-electron chi connectivity index (χ2n) is 5.37. The smallest absolute Gasteiger partial charge is 0.220 e. The second-order valence-corrected chi connectivity index (χ2v) is 5.37. The Kier molecular flexibility index (Phi) is 8.80. The van der Waals surface area contributed by atoms with Crippen LogP contribution in [-0.4, -0.2) is 44.7 Å². The summed E-state index contributed by atoms with van der Waals surface area (Å²) < 4.78 is 0. The Bertz CT molecular complexity index is 851. The van der Waals surface area contributed by atoms with Gasteiger partial charge in [0.25, 0.3) is 0 Å². The molecule has 3 rings (SSSR count). The highest BCUT2D eigenvalue weighted by Gasteiger charge is 2.00. The minimum absolute atomic E-state index is 0. The molecule has 7 heteroatoms. The van der Waals surface area contributed by atoms with Gasteiger partial charge >= 0.3 is 0 Å². The Hall–Kier alpha value is -3.61. The van der Waals surface area contributed by atoms with Crippen LogP contribution in [0.5, 0.6) is 0 Å².